The third-order valence-corrected chi connectivity index (χ3v) is 7.57. The van der Waals surface area contributed by atoms with Crippen LogP contribution in [0.1, 0.15) is 41.7 Å². The first-order valence-electron chi connectivity index (χ1n) is 11.6. The number of hydrogen-bond donors (Lipinski definition) is 1. The number of likely N-dealkylation sites (tertiary alicyclic amines) is 1. The molecule has 2 aromatic heterocycles. The summed E-state index contributed by atoms with van der Waals surface area (Å²) in [6.45, 7) is -0.122. The lowest BCUT2D eigenvalue weighted by atomic mass is 9.99. The van der Waals surface area contributed by atoms with Crippen molar-refractivity contribution in [1.29, 1.82) is 0 Å². The van der Waals surface area contributed by atoms with Crippen molar-refractivity contribution >= 4 is 28.5 Å². The van der Waals surface area contributed by atoms with Crippen LogP contribution in [0.15, 0.2) is 48.8 Å². The van der Waals surface area contributed by atoms with E-state index in [0.29, 0.717) is 35.2 Å². The standard InChI is InChI=1S/C25H24FN5O3/c26-25(15-4-2-1-3-5-15)11-16(25)10-21(32)19-9-14-8-18(14)31(19)22(33)13-30-20-12-28-7-6-17(20)23(29-30)24(27)34/h1-7,12,14,16,18-19H,8-11,13H2,(H2,27,34)/t14-,16+,18-,19+,25+/m1/s1. The lowest BCUT2D eigenvalue weighted by Gasteiger charge is -2.27. The molecule has 5 atom stereocenters. The molecule has 0 bridgehead atoms. The number of nitrogens with zero attached hydrogens (tertiary/aromatic N) is 4. The molecule has 3 heterocycles. The Morgan fingerprint density at radius 3 is 2.71 bits per heavy atom. The Labute approximate surface area is 194 Å². The van der Waals surface area contributed by atoms with Crippen LogP contribution < -0.4 is 5.73 Å². The quantitative estimate of drug-likeness (QED) is 0.581. The van der Waals surface area contributed by atoms with Gasteiger partial charge in [-0.3, -0.25) is 24.0 Å². The molecule has 1 aromatic carbocycles. The lowest BCUT2D eigenvalue weighted by molar-refractivity contribution is -0.139. The summed E-state index contributed by atoms with van der Waals surface area (Å²) in [5.41, 5.74) is 5.21. The van der Waals surface area contributed by atoms with Gasteiger partial charge in [0.05, 0.1) is 17.8 Å². The third kappa shape index (κ3) is 3.29. The number of ketones is 1. The molecule has 0 radical (unpaired) electrons. The van der Waals surface area contributed by atoms with Gasteiger partial charge >= 0.3 is 0 Å². The van der Waals surface area contributed by atoms with Crippen LogP contribution >= 0.6 is 0 Å². The summed E-state index contributed by atoms with van der Waals surface area (Å²) < 4.78 is 16.7. The Balaban J connectivity index is 1.19. The first kappa shape index (κ1) is 20.9. The normalized spacial score (nSPS) is 29.1. The van der Waals surface area contributed by atoms with E-state index < -0.39 is 17.6 Å². The van der Waals surface area contributed by atoms with Crippen LogP contribution in [0.3, 0.4) is 0 Å². The van der Waals surface area contributed by atoms with Crippen molar-refractivity contribution in [3.8, 4) is 0 Å². The second kappa shape index (κ2) is 7.44. The summed E-state index contributed by atoms with van der Waals surface area (Å²) in [5.74, 6) is -1.03. The summed E-state index contributed by atoms with van der Waals surface area (Å²) in [6.07, 6.45) is 5.03. The van der Waals surface area contributed by atoms with Gasteiger partial charge in [-0.05, 0) is 36.8 Å². The Hall–Kier alpha value is -3.62. The molecule has 3 fully saturated rings. The van der Waals surface area contributed by atoms with E-state index in [9.17, 15) is 14.4 Å². The number of aromatic nitrogens is 3. The number of nitrogens with two attached hydrogens (primary N) is 1. The van der Waals surface area contributed by atoms with Gasteiger partial charge in [-0.25, -0.2) is 4.39 Å². The van der Waals surface area contributed by atoms with Gasteiger partial charge in [-0.1, -0.05) is 30.3 Å². The van der Waals surface area contributed by atoms with Gasteiger partial charge in [0, 0.05) is 30.0 Å². The minimum Gasteiger partial charge on any atom is -0.364 e. The molecular weight excluding hydrogens is 437 g/mol. The maximum absolute atomic E-state index is 15.3. The number of benzene rings is 1. The average molecular weight is 461 g/mol. The van der Waals surface area contributed by atoms with Crippen molar-refractivity contribution in [2.24, 2.45) is 17.6 Å². The molecule has 2 N–H and O–H groups in total. The number of rotatable bonds is 7. The van der Waals surface area contributed by atoms with E-state index in [-0.39, 0.29) is 42.3 Å². The zero-order valence-electron chi connectivity index (χ0n) is 18.4. The fourth-order valence-corrected chi connectivity index (χ4v) is 5.62. The van der Waals surface area contributed by atoms with E-state index in [1.807, 2.05) is 6.07 Å². The monoisotopic (exact) mass is 461 g/mol. The number of halogens is 1. The van der Waals surface area contributed by atoms with Crippen LogP contribution in [0, 0.1) is 11.8 Å². The molecule has 2 saturated carbocycles. The molecule has 1 aliphatic heterocycles. The Bertz CT molecular complexity index is 1320. The number of amides is 2. The summed E-state index contributed by atoms with van der Waals surface area (Å²) >= 11 is 0. The van der Waals surface area contributed by atoms with Gasteiger partial charge in [0.25, 0.3) is 5.91 Å². The van der Waals surface area contributed by atoms with Crippen LogP contribution in [0.4, 0.5) is 4.39 Å². The highest BCUT2D eigenvalue weighted by molar-refractivity contribution is 6.04. The molecule has 2 aliphatic carbocycles. The lowest BCUT2D eigenvalue weighted by Crippen LogP contribution is -2.45. The van der Waals surface area contributed by atoms with Gasteiger partial charge in [0.1, 0.15) is 12.2 Å². The Morgan fingerprint density at radius 1 is 1.15 bits per heavy atom. The highest BCUT2D eigenvalue weighted by atomic mass is 19.1. The molecule has 34 heavy (non-hydrogen) atoms. The van der Waals surface area contributed by atoms with E-state index in [2.05, 4.69) is 10.1 Å². The van der Waals surface area contributed by atoms with E-state index >= 15 is 4.39 Å². The van der Waals surface area contributed by atoms with Crippen molar-refractivity contribution in [3.63, 3.8) is 0 Å². The molecule has 2 amide bonds. The van der Waals surface area contributed by atoms with Crippen LogP contribution in [-0.2, 0) is 21.8 Å². The third-order valence-electron chi connectivity index (χ3n) is 7.57. The van der Waals surface area contributed by atoms with Gasteiger partial charge in [0.15, 0.2) is 11.5 Å². The second-order valence-corrected chi connectivity index (χ2v) is 9.68. The molecule has 0 unspecified atom stereocenters. The molecule has 3 aliphatic rings. The SMILES string of the molecule is NC(=O)c1nn(CC(=O)N2[C@@H]3C[C@@H]3C[C@H]2C(=O)C[C@H]2C[C@]2(F)c2ccccc2)c2cnccc12. The first-order chi connectivity index (χ1) is 16.4. The topological polar surface area (TPSA) is 111 Å². The molecular formula is C25H24FN5O3. The highest BCUT2D eigenvalue weighted by Crippen LogP contribution is 2.58. The van der Waals surface area contributed by atoms with Crippen molar-refractivity contribution in [3.05, 3.63) is 60.0 Å². The minimum atomic E-state index is -1.46. The van der Waals surface area contributed by atoms with Crippen LogP contribution in [0.2, 0.25) is 0 Å². The van der Waals surface area contributed by atoms with Crippen molar-refractivity contribution < 1.29 is 18.8 Å². The predicted octanol–water partition coefficient (Wildman–Crippen LogP) is 2.36. The summed E-state index contributed by atoms with van der Waals surface area (Å²) in [7, 11) is 0. The van der Waals surface area contributed by atoms with Crippen molar-refractivity contribution in [2.45, 2.75) is 50.0 Å². The fourth-order valence-electron chi connectivity index (χ4n) is 5.62. The zero-order valence-corrected chi connectivity index (χ0v) is 18.4. The number of carbonyl (C=O) groups is 3. The number of alkyl halides is 1. The Morgan fingerprint density at radius 2 is 1.94 bits per heavy atom. The summed E-state index contributed by atoms with van der Waals surface area (Å²) in [4.78, 5) is 44.1. The number of pyridine rings is 1. The molecule has 6 rings (SSSR count). The second-order valence-electron chi connectivity index (χ2n) is 9.68. The number of Topliss-reactive ketones (excluding diaryl/α,β-unsaturated/α-hetero) is 1. The van der Waals surface area contributed by atoms with Gasteiger partial charge in [0.2, 0.25) is 5.91 Å². The van der Waals surface area contributed by atoms with E-state index in [1.165, 1.54) is 17.1 Å². The molecule has 174 valence electrons. The van der Waals surface area contributed by atoms with Crippen LogP contribution in [-0.4, -0.2) is 49.3 Å². The molecule has 0 spiro atoms. The maximum Gasteiger partial charge on any atom is 0.269 e. The van der Waals surface area contributed by atoms with E-state index in [1.54, 1.807) is 35.2 Å². The van der Waals surface area contributed by atoms with E-state index in [0.717, 1.165) is 6.42 Å². The predicted molar refractivity (Wildman–Crippen MR) is 120 cm³/mol. The van der Waals surface area contributed by atoms with E-state index in [4.69, 9.17) is 5.73 Å². The average Bonchev–Trinajstić information content (AvgIpc) is 3.65. The van der Waals surface area contributed by atoms with Crippen LogP contribution in [0.5, 0.6) is 0 Å². The molecule has 3 aromatic rings. The molecule has 8 nitrogen and oxygen atoms in total. The molecule has 1 saturated heterocycles. The first-order valence-corrected chi connectivity index (χ1v) is 11.6. The number of hydrogen-bond acceptors (Lipinski definition) is 5. The van der Waals surface area contributed by atoms with Crippen molar-refractivity contribution in [2.75, 3.05) is 0 Å². The van der Waals surface area contributed by atoms with Gasteiger partial charge in [-0.15, -0.1) is 0 Å². The smallest absolute Gasteiger partial charge is 0.269 e. The maximum atomic E-state index is 15.3. The highest BCUT2D eigenvalue weighted by Gasteiger charge is 2.60. The number of fused-ring (bicyclic) bond motifs is 2. The van der Waals surface area contributed by atoms with Gasteiger partial charge < -0.3 is 10.6 Å². The fraction of sp³-hybridized carbons (Fsp3) is 0.400. The summed E-state index contributed by atoms with van der Waals surface area (Å²) in [6, 6.07) is 10.1. The number of piperidine rings is 1. The summed E-state index contributed by atoms with van der Waals surface area (Å²) in [5, 5.41) is 4.77. The number of carbonyl (C=O) groups excluding carboxylic acids is 3. The zero-order chi connectivity index (χ0) is 23.6. The minimum absolute atomic E-state index is 0.0421. The molecule has 9 heteroatoms. The Kier molecular flexibility index (Phi) is 4.59. The van der Waals surface area contributed by atoms with Crippen LogP contribution in [0.25, 0.3) is 10.9 Å². The van der Waals surface area contributed by atoms with Gasteiger partial charge in [-0.2, -0.15) is 5.10 Å². The number of primary amides is 1. The largest absolute Gasteiger partial charge is 0.364 e. The van der Waals surface area contributed by atoms with Crippen molar-refractivity contribution in [1.82, 2.24) is 19.7 Å².